The third-order valence-electron chi connectivity index (χ3n) is 6.71. The van der Waals surface area contributed by atoms with E-state index in [1.54, 1.807) is 29.2 Å². The van der Waals surface area contributed by atoms with Crippen molar-refractivity contribution in [3.8, 4) is 11.1 Å². The molecule has 0 atom stereocenters. The van der Waals surface area contributed by atoms with Crippen molar-refractivity contribution in [2.75, 3.05) is 26.2 Å². The highest BCUT2D eigenvalue weighted by molar-refractivity contribution is 5.91. The Morgan fingerprint density at radius 3 is 2.61 bits per heavy atom. The predicted molar refractivity (Wildman–Crippen MR) is 124 cm³/mol. The molecule has 0 spiro atoms. The van der Waals surface area contributed by atoms with Crippen LogP contribution in [0.4, 0.5) is 4.39 Å². The largest absolute Gasteiger partial charge is 0.459 e. The number of amides is 1. The Hall–Kier alpha value is -3.19. The van der Waals surface area contributed by atoms with Crippen LogP contribution in [0.25, 0.3) is 11.1 Å². The summed E-state index contributed by atoms with van der Waals surface area (Å²) in [5.74, 6) is -0.231. The molecule has 2 aliphatic rings. The van der Waals surface area contributed by atoms with Crippen molar-refractivity contribution in [3.63, 3.8) is 0 Å². The fourth-order valence-corrected chi connectivity index (χ4v) is 4.97. The second-order valence-corrected chi connectivity index (χ2v) is 8.85. The molecule has 1 fully saturated rings. The van der Waals surface area contributed by atoms with Gasteiger partial charge in [0.05, 0.1) is 6.26 Å². The number of benzene rings is 1. The summed E-state index contributed by atoms with van der Waals surface area (Å²) in [5, 5.41) is 0. The van der Waals surface area contributed by atoms with Gasteiger partial charge in [-0.25, -0.2) is 4.39 Å². The van der Waals surface area contributed by atoms with Gasteiger partial charge < -0.3 is 18.8 Å². The molecular weight excluding hydrogens is 421 g/mol. The van der Waals surface area contributed by atoms with Gasteiger partial charge in [0.25, 0.3) is 11.5 Å². The zero-order chi connectivity index (χ0) is 22.8. The topological polar surface area (TPSA) is 58.7 Å². The van der Waals surface area contributed by atoms with Crippen molar-refractivity contribution in [2.45, 2.75) is 38.8 Å². The van der Waals surface area contributed by atoms with Crippen molar-refractivity contribution >= 4 is 5.91 Å². The third-order valence-corrected chi connectivity index (χ3v) is 6.71. The number of pyridine rings is 1. The first-order chi connectivity index (χ1) is 16.1. The molecule has 33 heavy (non-hydrogen) atoms. The normalized spacial score (nSPS) is 16.6. The Labute approximate surface area is 192 Å². The van der Waals surface area contributed by atoms with E-state index in [4.69, 9.17) is 4.42 Å². The number of aromatic nitrogens is 1. The van der Waals surface area contributed by atoms with Crippen molar-refractivity contribution in [2.24, 2.45) is 0 Å². The molecule has 2 aromatic heterocycles. The van der Waals surface area contributed by atoms with Crippen LogP contribution in [0.3, 0.4) is 0 Å². The van der Waals surface area contributed by atoms with Gasteiger partial charge in [-0.05, 0) is 67.4 Å². The second-order valence-electron chi connectivity index (χ2n) is 8.85. The number of hydrogen-bond donors (Lipinski definition) is 0. The average Bonchev–Trinajstić information content (AvgIpc) is 3.38. The van der Waals surface area contributed by atoms with Crippen LogP contribution in [0.2, 0.25) is 0 Å². The van der Waals surface area contributed by atoms with E-state index >= 15 is 0 Å². The van der Waals surface area contributed by atoms with Gasteiger partial charge >= 0.3 is 0 Å². The van der Waals surface area contributed by atoms with E-state index in [-0.39, 0.29) is 17.3 Å². The van der Waals surface area contributed by atoms with Gasteiger partial charge in [0.2, 0.25) is 0 Å². The van der Waals surface area contributed by atoms with Crippen LogP contribution in [0.15, 0.2) is 57.9 Å². The highest BCUT2D eigenvalue weighted by atomic mass is 19.1. The smallest absolute Gasteiger partial charge is 0.289 e. The summed E-state index contributed by atoms with van der Waals surface area (Å²) in [5.41, 5.74) is 2.84. The fourth-order valence-electron chi connectivity index (χ4n) is 4.97. The molecule has 4 heterocycles. The van der Waals surface area contributed by atoms with E-state index in [0.717, 1.165) is 30.9 Å². The molecule has 3 aromatic rings. The number of fused-ring (bicyclic) bond motifs is 1. The second kappa shape index (κ2) is 9.35. The van der Waals surface area contributed by atoms with Crippen LogP contribution in [0, 0.1) is 5.82 Å². The molecule has 7 heteroatoms. The number of piperidine rings is 1. The number of likely N-dealkylation sites (tertiary alicyclic amines) is 1. The lowest BCUT2D eigenvalue weighted by atomic mass is 9.98. The van der Waals surface area contributed by atoms with E-state index < -0.39 is 0 Å². The molecule has 2 aliphatic heterocycles. The fraction of sp³-hybridized carbons (Fsp3) is 0.385. The van der Waals surface area contributed by atoms with Crippen molar-refractivity contribution in [1.82, 2.24) is 14.4 Å². The third kappa shape index (κ3) is 4.50. The molecule has 0 aliphatic carbocycles. The Balaban J connectivity index is 1.51. The molecule has 0 radical (unpaired) electrons. The number of nitrogens with zero attached hydrogens (tertiary/aromatic N) is 3. The number of hydrogen-bond acceptors (Lipinski definition) is 4. The van der Waals surface area contributed by atoms with Crippen LogP contribution in [0.5, 0.6) is 0 Å². The first-order valence-corrected chi connectivity index (χ1v) is 11.7. The molecule has 0 saturated carbocycles. The van der Waals surface area contributed by atoms with Gasteiger partial charge in [-0.15, -0.1) is 0 Å². The van der Waals surface area contributed by atoms with Crippen LogP contribution < -0.4 is 5.56 Å². The Kier molecular flexibility index (Phi) is 6.13. The SMILES string of the molecule is O=C(c1ccco1)N1CCc2c(cc(-c3cccc(F)c3)c(=O)n2CCN2CCCCC2)C1. The molecule has 5 rings (SSSR count). The number of carbonyl (C=O) groups is 1. The zero-order valence-electron chi connectivity index (χ0n) is 18.6. The van der Waals surface area contributed by atoms with Crippen molar-refractivity contribution in [3.05, 3.63) is 81.9 Å². The highest BCUT2D eigenvalue weighted by Crippen LogP contribution is 2.25. The first-order valence-electron chi connectivity index (χ1n) is 11.7. The molecule has 0 unspecified atom stereocenters. The minimum atomic E-state index is -0.376. The predicted octanol–water partition coefficient (Wildman–Crippen LogP) is 3.93. The maximum absolute atomic E-state index is 14.0. The number of halogens is 1. The van der Waals surface area contributed by atoms with Gasteiger partial charge in [0.1, 0.15) is 5.82 Å². The van der Waals surface area contributed by atoms with Crippen LogP contribution in [-0.2, 0) is 19.5 Å². The van der Waals surface area contributed by atoms with E-state index in [1.807, 2.05) is 10.6 Å². The molecule has 1 aromatic carbocycles. The van der Waals surface area contributed by atoms with Gasteiger partial charge in [-0.2, -0.15) is 0 Å². The van der Waals surface area contributed by atoms with Crippen molar-refractivity contribution in [1.29, 1.82) is 0 Å². The van der Waals surface area contributed by atoms with Crippen LogP contribution in [-0.4, -0.2) is 46.5 Å². The van der Waals surface area contributed by atoms with Crippen LogP contribution in [0.1, 0.15) is 41.1 Å². The lowest BCUT2D eigenvalue weighted by Gasteiger charge is -2.32. The Bertz CT molecular complexity index is 1200. The summed E-state index contributed by atoms with van der Waals surface area (Å²) in [6, 6.07) is 11.4. The highest BCUT2D eigenvalue weighted by Gasteiger charge is 2.27. The quantitative estimate of drug-likeness (QED) is 0.592. The Morgan fingerprint density at radius 1 is 1.00 bits per heavy atom. The molecule has 0 bridgehead atoms. The zero-order valence-corrected chi connectivity index (χ0v) is 18.6. The molecule has 1 amide bonds. The van der Waals surface area contributed by atoms with E-state index in [9.17, 15) is 14.0 Å². The molecule has 172 valence electrons. The summed E-state index contributed by atoms with van der Waals surface area (Å²) in [4.78, 5) is 30.6. The molecule has 1 saturated heterocycles. The van der Waals surface area contributed by atoms with E-state index in [1.165, 1.54) is 37.7 Å². The number of rotatable bonds is 5. The Morgan fingerprint density at radius 2 is 1.85 bits per heavy atom. The number of carbonyl (C=O) groups excluding carboxylic acids is 1. The monoisotopic (exact) mass is 449 g/mol. The standard InChI is InChI=1S/C26H28FN3O3/c27-21-7-4-6-19(16-21)22-17-20-18-29(26(32)24-8-5-15-33-24)12-9-23(20)30(25(22)31)14-13-28-10-2-1-3-11-28/h4-8,15-17H,1-3,9-14,18H2. The summed E-state index contributed by atoms with van der Waals surface area (Å²) in [6.07, 6.45) is 5.74. The van der Waals surface area contributed by atoms with E-state index in [0.29, 0.717) is 42.9 Å². The van der Waals surface area contributed by atoms with Crippen LogP contribution >= 0.6 is 0 Å². The summed E-state index contributed by atoms with van der Waals surface area (Å²) in [7, 11) is 0. The minimum absolute atomic E-state index is 0.0952. The maximum Gasteiger partial charge on any atom is 0.289 e. The molecule has 0 N–H and O–H groups in total. The van der Waals surface area contributed by atoms with Gasteiger partial charge in [-0.1, -0.05) is 18.6 Å². The summed E-state index contributed by atoms with van der Waals surface area (Å²) in [6.45, 7) is 4.44. The summed E-state index contributed by atoms with van der Waals surface area (Å²) < 4.78 is 21.1. The minimum Gasteiger partial charge on any atom is -0.459 e. The average molecular weight is 450 g/mol. The van der Waals surface area contributed by atoms with E-state index in [2.05, 4.69) is 4.90 Å². The van der Waals surface area contributed by atoms with Gasteiger partial charge in [0.15, 0.2) is 5.76 Å². The molecule has 6 nitrogen and oxygen atoms in total. The number of furan rings is 1. The lowest BCUT2D eigenvalue weighted by Crippen LogP contribution is -2.41. The lowest BCUT2D eigenvalue weighted by molar-refractivity contribution is 0.0699. The maximum atomic E-state index is 14.0. The van der Waals surface area contributed by atoms with Gasteiger partial charge in [0, 0.05) is 43.9 Å². The van der Waals surface area contributed by atoms with Gasteiger partial charge in [-0.3, -0.25) is 9.59 Å². The summed E-state index contributed by atoms with van der Waals surface area (Å²) >= 11 is 0. The van der Waals surface area contributed by atoms with Crippen molar-refractivity contribution < 1.29 is 13.6 Å². The first kappa shape index (κ1) is 21.6. The molecular formula is C26H28FN3O3.